The fourth-order valence-corrected chi connectivity index (χ4v) is 4.27. The molecule has 0 fully saturated rings. The highest BCUT2D eigenvalue weighted by atomic mass is 79.9. The maximum Gasteiger partial charge on any atom is 0.114 e. The maximum atomic E-state index is 10.6. The van der Waals surface area contributed by atoms with Crippen LogP contribution in [0.4, 0.5) is 0 Å². The van der Waals surface area contributed by atoms with E-state index in [1.54, 1.807) is 11.3 Å². The number of hydrogen-bond acceptors (Lipinski definition) is 2. The van der Waals surface area contributed by atoms with Crippen LogP contribution in [-0.4, -0.2) is 5.11 Å². The van der Waals surface area contributed by atoms with Crippen molar-refractivity contribution in [3.05, 3.63) is 67.4 Å². The molecular formula is C16H12Br2OS. The lowest BCUT2D eigenvalue weighted by Crippen LogP contribution is -1.99. The lowest BCUT2D eigenvalue weighted by Gasteiger charge is -2.13. The number of aliphatic hydroxyl groups excluding tert-OH is 1. The predicted molar refractivity (Wildman–Crippen MR) is 92.5 cm³/mol. The van der Waals surface area contributed by atoms with Crippen LogP contribution in [0.5, 0.6) is 0 Å². The summed E-state index contributed by atoms with van der Waals surface area (Å²) >= 11 is 8.71. The summed E-state index contributed by atoms with van der Waals surface area (Å²) in [7, 11) is 0. The molecule has 2 aromatic carbocycles. The molecule has 1 N–H and O–H groups in total. The highest BCUT2D eigenvalue weighted by molar-refractivity contribution is 9.11. The van der Waals surface area contributed by atoms with Crippen molar-refractivity contribution in [3.63, 3.8) is 0 Å². The predicted octanol–water partition coefficient (Wildman–Crippen LogP) is 5.82. The summed E-state index contributed by atoms with van der Waals surface area (Å²) in [5, 5.41) is 11.8. The van der Waals surface area contributed by atoms with Crippen molar-refractivity contribution in [2.75, 3.05) is 0 Å². The molecule has 1 nitrogen and oxygen atoms in total. The smallest absolute Gasteiger partial charge is 0.114 e. The van der Waals surface area contributed by atoms with Gasteiger partial charge < -0.3 is 5.11 Å². The molecule has 0 aliphatic heterocycles. The van der Waals surface area contributed by atoms with E-state index in [2.05, 4.69) is 50.1 Å². The third kappa shape index (κ3) is 2.58. The van der Waals surface area contributed by atoms with E-state index in [-0.39, 0.29) is 0 Å². The van der Waals surface area contributed by atoms with Crippen LogP contribution in [0.3, 0.4) is 0 Å². The minimum atomic E-state index is -0.612. The fourth-order valence-electron chi connectivity index (χ4n) is 2.16. The topological polar surface area (TPSA) is 20.2 Å². The van der Waals surface area contributed by atoms with Gasteiger partial charge in [0.25, 0.3) is 0 Å². The lowest BCUT2D eigenvalue weighted by molar-refractivity contribution is 0.223. The van der Waals surface area contributed by atoms with E-state index in [0.717, 1.165) is 24.9 Å². The van der Waals surface area contributed by atoms with E-state index in [0.29, 0.717) is 0 Å². The van der Waals surface area contributed by atoms with Gasteiger partial charge in [-0.2, -0.15) is 0 Å². The molecule has 1 aromatic heterocycles. The number of aryl methyl sites for hydroxylation is 1. The second-order valence-electron chi connectivity index (χ2n) is 4.71. The Morgan fingerprint density at radius 3 is 2.55 bits per heavy atom. The quantitative estimate of drug-likeness (QED) is 0.563. The first-order chi connectivity index (χ1) is 9.56. The molecule has 1 heterocycles. The Hall–Kier alpha value is -0.680. The molecule has 20 heavy (non-hydrogen) atoms. The molecule has 0 saturated carbocycles. The van der Waals surface area contributed by atoms with Gasteiger partial charge in [-0.3, -0.25) is 0 Å². The minimum Gasteiger partial charge on any atom is -0.383 e. The first-order valence-electron chi connectivity index (χ1n) is 6.18. The Morgan fingerprint density at radius 1 is 1.05 bits per heavy atom. The molecule has 4 heteroatoms. The van der Waals surface area contributed by atoms with Crippen LogP contribution in [0.2, 0.25) is 0 Å². The van der Waals surface area contributed by atoms with Gasteiger partial charge in [0.2, 0.25) is 0 Å². The van der Waals surface area contributed by atoms with Crippen molar-refractivity contribution in [1.29, 1.82) is 0 Å². The van der Waals surface area contributed by atoms with Gasteiger partial charge in [0.05, 0.1) is 0 Å². The number of hydrogen-bond donors (Lipinski definition) is 1. The number of benzene rings is 2. The van der Waals surface area contributed by atoms with E-state index in [4.69, 9.17) is 0 Å². The molecule has 1 atom stereocenters. The third-order valence-corrected chi connectivity index (χ3v) is 6.00. The van der Waals surface area contributed by atoms with Gasteiger partial charge in [-0.15, -0.1) is 11.3 Å². The average Bonchev–Trinajstić information content (AvgIpc) is 2.86. The van der Waals surface area contributed by atoms with Gasteiger partial charge >= 0.3 is 0 Å². The minimum absolute atomic E-state index is 0.612. The summed E-state index contributed by atoms with van der Waals surface area (Å²) in [5.41, 5.74) is 2.03. The van der Waals surface area contributed by atoms with Gasteiger partial charge in [0.15, 0.2) is 0 Å². The van der Waals surface area contributed by atoms with Crippen molar-refractivity contribution in [2.24, 2.45) is 0 Å². The van der Waals surface area contributed by atoms with E-state index >= 15 is 0 Å². The number of fused-ring (bicyclic) bond motifs is 1. The van der Waals surface area contributed by atoms with Crippen molar-refractivity contribution < 1.29 is 5.11 Å². The molecule has 0 saturated heterocycles. The van der Waals surface area contributed by atoms with Crippen LogP contribution >= 0.6 is 43.2 Å². The molecule has 102 valence electrons. The largest absolute Gasteiger partial charge is 0.383 e. The molecule has 3 aromatic rings. The van der Waals surface area contributed by atoms with Crippen LogP contribution in [0.25, 0.3) is 10.1 Å². The number of thiophene rings is 1. The monoisotopic (exact) mass is 410 g/mol. The van der Waals surface area contributed by atoms with Gasteiger partial charge in [-0.1, -0.05) is 50.1 Å². The second kappa shape index (κ2) is 5.60. The SMILES string of the molecule is Cc1cc(Br)c(C(O)c2cc3ccccc3s2)cc1Br. The fraction of sp³-hybridized carbons (Fsp3) is 0.125. The molecule has 0 aliphatic rings. The Labute approximate surface area is 138 Å². The summed E-state index contributed by atoms with van der Waals surface area (Å²) in [6.07, 6.45) is -0.612. The second-order valence-corrected chi connectivity index (χ2v) is 7.54. The Bertz CT molecular complexity index is 746. The zero-order valence-electron chi connectivity index (χ0n) is 10.7. The Balaban J connectivity index is 2.07. The molecule has 0 bridgehead atoms. The van der Waals surface area contributed by atoms with Crippen LogP contribution in [0.1, 0.15) is 22.1 Å². The standard InChI is InChI=1S/C16H12Br2OS/c1-9-6-13(18)11(8-12(9)17)16(19)15-7-10-4-2-3-5-14(10)20-15/h2-8,16,19H,1H3. The van der Waals surface area contributed by atoms with Gasteiger partial charge in [-0.05, 0) is 42.1 Å². The zero-order valence-corrected chi connectivity index (χ0v) is 14.7. The molecular weight excluding hydrogens is 400 g/mol. The summed E-state index contributed by atoms with van der Waals surface area (Å²) in [6.45, 7) is 2.03. The average molecular weight is 412 g/mol. The summed E-state index contributed by atoms with van der Waals surface area (Å²) in [6, 6.07) is 14.3. The Morgan fingerprint density at radius 2 is 1.80 bits per heavy atom. The van der Waals surface area contributed by atoms with Gasteiger partial charge in [0, 0.05) is 24.1 Å². The normalized spacial score (nSPS) is 12.8. The molecule has 0 amide bonds. The molecule has 0 radical (unpaired) electrons. The van der Waals surface area contributed by atoms with E-state index < -0.39 is 6.10 Å². The highest BCUT2D eigenvalue weighted by Gasteiger charge is 2.17. The van der Waals surface area contributed by atoms with Gasteiger partial charge in [-0.25, -0.2) is 0 Å². The van der Waals surface area contributed by atoms with E-state index in [1.807, 2.05) is 31.2 Å². The van der Waals surface area contributed by atoms with Crippen LogP contribution in [0, 0.1) is 6.92 Å². The van der Waals surface area contributed by atoms with E-state index in [1.165, 1.54) is 10.1 Å². The van der Waals surface area contributed by atoms with Crippen LogP contribution in [0.15, 0.2) is 51.4 Å². The Kier molecular flexibility index (Phi) is 4.00. The summed E-state index contributed by atoms with van der Waals surface area (Å²) in [4.78, 5) is 0.961. The first-order valence-corrected chi connectivity index (χ1v) is 8.58. The molecule has 0 aliphatic carbocycles. The number of rotatable bonds is 2. The van der Waals surface area contributed by atoms with Crippen LogP contribution < -0.4 is 0 Å². The molecule has 0 spiro atoms. The highest BCUT2D eigenvalue weighted by Crippen LogP contribution is 2.37. The summed E-state index contributed by atoms with van der Waals surface area (Å²) in [5.74, 6) is 0. The first kappa shape index (κ1) is 14.3. The lowest BCUT2D eigenvalue weighted by atomic mass is 10.1. The van der Waals surface area contributed by atoms with Gasteiger partial charge in [0.1, 0.15) is 6.10 Å². The van der Waals surface area contributed by atoms with Crippen molar-refractivity contribution in [2.45, 2.75) is 13.0 Å². The summed E-state index contributed by atoms with van der Waals surface area (Å²) < 4.78 is 3.14. The van der Waals surface area contributed by atoms with Crippen molar-refractivity contribution >= 4 is 53.3 Å². The maximum absolute atomic E-state index is 10.6. The third-order valence-electron chi connectivity index (χ3n) is 3.29. The van der Waals surface area contributed by atoms with E-state index in [9.17, 15) is 5.11 Å². The van der Waals surface area contributed by atoms with Crippen LogP contribution in [-0.2, 0) is 0 Å². The zero-order chi connectivity index (χ0) is 14.3. The number of aliphatic hydroxyl groups is 1. The molecule has 3 rings (SSSR count). The van der Waals surface area contributed by atoms with Crippen molar-refractivity contribution in [3.8, 4) is 0 Å². The molecule has 1 unspecified atom stereocenters. The van der Waals surface area contributed by atoms with Crippen molar-refractivity contribution in [1.82, 2.24) is 0 Å². The number of halogens is 2.